The summed E-state index contributed by atoms with van der Waals surface area (Å²) in [6, 6.07) is 0.132. The molecule has 2 fully saturated rings. The van der Waals surface area contributed by atoms with Crippen molar-refractivity contribution >= 4 is 0 Å². The molecule has 2 N–H and O–H groups in total. The summed E-state index contributed by atoms with van der Waals surface area (Å²) in [6.07, 6.45) is 1.42. The monoisotopic (exact) mass is 214 g/mol. The van der Waals surface area contributed by atoms with E-state index >= 15 is 0 Å². The Morgan fingerprint density at radius 2 is 2.33 bits per heavy atom. The fourth-order valence-corrected chi connectivity index (χ4v) is 2.31. The predicted molar refractivity (Wildman–Crippen MR) is 58.8 cm³/mol. The Kier molecular flexibility index (Phi) is 3.97. The summed E-state index contributed by atoms with van der Waals surface area (Å²) in [6.45, 7) is 7.87. The number of morpholine rings is 1. The molecule has 0 radical (unpaired) electrons. The van der Waals surface area contributed by atoms with E-state index in [0.29, 0.717) is 0 Å². The minimum absolute atomic E-state index is 0.132. The quantitative estimate of drug-likeness (QED) is 0.722. The molecule has 0 aliphatic carbocycles. The lowest BCUT2D eigenvalue weighted by Gasteiger charge is -2.35. The smallest absolute Gasteiger partial charge is 0.0850 e. The molecule has 2 aliphatic heterocycles. The molecule has 3 unspecified atom stereocenters. The lowest BCUT2D eigenvalue weighted by molar-refractivity contribution is -0.0419. The van der Waals surface area contributed by atoms with Crippen LogP contribution < -0.4 is 5.73 Å². The highest BCUT2D eigenvalue weighted by Gasteiger charge is 2.26. The van der Waals surface area contributed by atoms with Gasteiger partial charge in [-0.15, -0.1) is 0 Å². The molecule has 2 saturated heterocycles. The number of hydrogen-bond donors (Lipinski definition) is 1. The molecule has 0 spiro atoms. The van der Waals surface area contributed by atoms with Crippen molar-refractivity contribution in [3.05, 3.63) is 0 Å². The number of rotatable bonds is 3. The van der Waals surface area contributed by atoms with E-state index in [-0.39, 0.29) is 12.1 Å². The Hall–Kier alpha value is -0.160. The molecule has 0 amide bonds. The van der Waals surface area contributed by atoms with Crippen molar-refractivity contribution in [2.75, 3.05) is 39.5 Å². The van der Waals surface area contributed by atoms with Crippen molar-refractivity contribution < 1.29 is 9.47 Å². The molecule has 2 aliphatic rings. The minimum Gasteiger partial charge on any atom is -0.381 e. The van der Waals surface area contributed by atoms with Gasteiger partial charge in [-0.25, -0.2) is 0 Å². The lowest BCUT2D eigenvalue weighted by atomic mass is 10.1. The number of nitrogens with two attached hydrogens (primary N) is 1. The Balaban J connectivity index is 1.76. The van der Waals surface area contributed by atoms with E-state index in [4.69, 9.17) is 15.2 Å². The first kappa shape index (κ1) is 11.3. The van der Waals surface area contributed by atoms with E-state index in [2.05, 4.69) is 4.90 Å². The third-order valence-corrected chi connectivity index (χ3v) is 3.30. The summed E-state index contributed by atoms with van der Waals surface area (Å²) in [5.41, 5.74) is 5.86. The lowest BCUT2D eigenvalue weighted by Crippen LogP contribution is -2.50. The van der Waals surface area contributed by atoms with Crippen molar-refractivity contribution in [1.29, 1.82) is 0 Å². The predicted octanol–water partition coefficient (Wildman–Crippen LogP) is 0.0709. The normalized spacial score (nSPS) is 35.6. The van der Waals surface area contributed by atoms with E-state index in [1.165, 1.54) is 6.42 Å². The summed E-state index contributed by atoms with van der Waals surface area (Å²) >= 11 is 0. The van der Waals surface area contributed by atoms with Gasteiger partial charge in [0.05, 0.1) is 19.3 Å². The van der Waals surface area contributed by atoms with Crippen LogP contribution in [0.15, 0.2) is 0 Å². The van der Waals surface area contributed by atoms with Gasteiger partial charge < -0.3 is 15.2 Å². The maximum absolute atomic E-state index is 5.86. The zero-order valence-electron chi connectivity index (χ0n) is 9.52. The molecular formula is C11H22N2O2. The van der Waals surface area contributed by atoms with Crippen molar-refractivity contribution in [2.24, 2.45) is 11.7 Å². The molecule has 0 aromatic carbocycles. The second-order valence-corrected chi connectivity index (χ2v) is 4.76. The van der Waals surface area contributed by atoms with Crippen molar-refractivity contribution in [3.8, 4) is 0 Å². The summed E-state index contributed by atoms with van der Waals surface area (Å²) < 4.78 is 11.0. The van der Waals surface area contributed by atoms with E-state index in [9.17, 15) is 0 Å². The van der Waals surface area contributed by atoms with Crippen LogP contribution in [-0.2, 0) is 9.47 Å². The van der Waals surface area contributed by atoms with Crippen LogP contribution in [0.1, 0.15) is 13.3 Å². The second-order valence-electron chi connectivity index (χ2n) is 4.76. The van der Waals surface area contributed by atoms with Crippen LogP contribution in [0.2, 0.25) is 0 Å². The van der Waals surface area contributed by atoms with Crippen LogP contribution in [0.25, 0.3) is 0 Å². The maximum atomic E-state index is 5.86. The summed E-state index contributed by atoms with van der Waals surface area (Å²) in [5.74, 6) is 0.719. The van der Waals surface area contributed by atoms with Gasteiger partial charge in [0.15, 0.2) is 0 Å². The fourth-order valence-electron chi connectivity index (χ4n) is 2.31. The first-order valence-electron chi connectivity index (χ1n) is 5.93. The Bertz CT molecular complexity index is 191. The van der Waals surface area contributed by atoms with Gasteiger partial charge in [-0.3, -0.25) is 4.90 Å². The highest BCUT2D eigenvalue weighted by molar-refractivity contribution is 4.79. The van der Waals surface area contributed by atoms with E-state index in [1.807, 2.05) is 6.92 Å². The first-order valence-corrected chi connectivity index (χ1v) is 5.93. The molecule has 0 aromatic heterocycles. The highest BCUT2D eigenvalue weighted by atomic mass is 16.5. The van der Waals surface area contributed by atoms with Gasteiger partial charge in [-0.1, -0.05) is 0 Å². The standard InChI is InChI=1S/C11H22N2O2/c1-9(12)11-7-13(3-5-15-11)6-10-2-4-14-8-10/h9-11H,2-8,12H2,1H3. The average molecular weight is 214 g/mol. The largest absolute Gasteiger partial charge is 0.381 e. The molecule has 88 valence electrons. The van der Waals surface area contributed by atoms with Gasteiger partial charge >= 0.3 is 0 Å². The third kappa shape index (κ3) is 3.14. The Morgan fingerprint density at radius 3 is 3.00 bits per heavy atom. The van der Waals surface area contributed by atoms with E-state index in [0.717, 1.165) is 45.4 Å². The van der Waals surface area contributed by atoms with Crippen LogP contribution in [0.5, 0.6) is 0 Å². The molecule has 4 heteroatoms. The molecule has 4 nitrogen and oxygen atoms in total. The third-order valence-electron chi connectivity index (χ3n) is 3.30. The molecule has 15 heavy (non-hydrogen) atoms. The van der Waals surface area contributed by atoms with Crippen LogP contribution in [-0.4, -0.2) is 56.5 Å². The summed E-state index contributed by atoms with van der Waals surface area (Å²) in [4.78, 5) is 2.47. The van der Waals surface area contributed by atoms with Gasteiger partial charge in [0, 0.05) is 32.3 Å². The SMILES string of the molecule is CC(N)C1CN(CC2CCOC2)CCO1. The Labute approximate surface area is 91.7 Å². The average Bonchev–Trinajstić information content (AvgIpc) is 2.71. The molecule has 0 saturated carbocycles. The van der Waals surface area contributed by atoms with Crippen molar-refractivity contribution in [1.82, 2.24) is 4.90 Å². The molecule has 2 heterocycles. The number of ether oxygens (including phenoxy) is 2. The van der Waals surface area contributed by atoms with E-state index in [1.54, 1.807) is 0 Å². The molecular weight excluding hydrogens is 192 g/mol. The van der Waals surface area contributed by atoms with Crippen LogP contribution in [0.4, 0.5) is 0 Å². The summed E-state index contributed by atoms with van der Waals surface area (Å²) in [5, 5.41) is 0. The van der Waals surface area contributed by atoms with Gasteiger partial charge in [0.25, 0.3) is 0 Å². The zero-order valence-corrected chi connectivity index (χ0v) is 9.52. The van der Waals surface area contributed by atoms with Gasteiger partial charge in [-0.05, 0) is 19.3 Å². The number of nitrogens with zero attached hydrogens (tertiary/aromatic N) is 1. The molecule has 0 bridgehead atoms. The zero-order chi connectivity index (χ0) is 10.7. The van der Waals surface area contributed by atoms with Crippen molar-refractivity contribution in [2.45, 2.75) is 25.5 Å². The van der Waals surface area contributed by atoms with Crippen LogP contribution in [0, 0.1) is 5.92 Å². The molecule has 0 aromatic rings. The second kappa shape index (κ2) is 5.25. The summed E-state index contributed by atoms with van der Waals surface area (Å²) in [7, 11) is 0. The van der Waals surface area contributed by atoms with E-state index < -0.39 is 0 Å². The molecule has 2 rings (SSSR count). The van der Waals surface area contributed by atoms with Gasteiger partial charge in [-0.2, -0.15) is 0 Å². The minimum atomic E-state index is 0.132. The Morgan fingerprint density at radius 1 is 1.47 bits per heavy atom. The van der Waals surface area contributed by atoms with Crippen LogP contribution >= 0.6 is 0 Å². The van der Waals surface area contributed by atoms with Gasteiger partial charge in [0.2, 0.25) is 0 Å². The van der Waals surface area contributed by atoms with Gasteiger partial charge in [0.1, 0.15) is 0 Å². The highest BCUT2D eigenvalue weighted by Crippen LogP contribution is 2.16. The number of hydrogen-bond acceptors (Lipinski definition) is 4. The first-order chi connectivity index (χ1) is 7.25. The van der Waals surface area contributed by atoms with Crippen LogP contribution in [0.3, 0.4) is 0 Å². The fraction of sp³-hybridized carbons (Fsp3) is 1.00. The maximum Gasteiger partial charge on any atom is 0.0850 e. The topological polar surface area (TPSA) is 47.7 Å². The van der Waals surface area contributed by atoms with Crippen molar-refractivity contribution in [3.63, 3.8) is 0 Å². The molecule has 3 atom stereocenters.